The predicted octanol–water partition coefficient (Wildman–Crippen LogP) is 3.75. The molecule has 0 saturated carbocycles. The molecule has 32 heavy (non-hydrogen) atoms. The number of nitrogens with one attached hydrogen (secondary N) is 1. The van der Waals surface area contributed by atoms with Crippen LogP contribution in [0.25, 0.3) is 22.3 Å². The number of fused-ring (bicyclic) bond motifs is 1. The summed E-state index contributed by atoms with van der Waals surface area (Å²) in [5.74, 6) is 1.16. The van der Waals surface area contributed by atoms with Crippen molar-refractivity contribution in [1.82, 2.24) is 30.1 Å². The molecule has 0 spiro atoms. The highest BCUT2D eigenvalue weighted by Crippen LogP contribution is 2.25. The molecular weight excluding hydrogens is 404 g/mol. The fourth-order valence-corrected chi connectivity index (χ4v) is 4.13. The van der Waals surface area contributed by atoms with E-state index < -0.39 is 0 Å². The van der Waals surface area contributed by atoms with Crippen molar-refractivity contribution < 1.29 is 9.32 Å². The fraction of sp³-hybridized carbons (Fsp3) is 0.333. The Balaban J connectivity index is 1.25. The first kappa shape index (κ1) is 20.4. The Bertz CT molecular complexity index is 1250. The molecule has 164 valence electrons. The number of aromatic amines is 1. The third-order valence-electron chi connectivity index (χ3n) is 6.18. The Labute approximate surface area is 186 Å². The summed E-state index contributed by atoms with van der Waals surface area (Å²) < 4.78 is 5.56. The third-order valence-corrected chi connectivity index (χ3v) is 6.18. The van der Waals surface area contributed by atoms with Gasteiger partial charge >= 0.3 is 0 Å². The summed E-state index contributed by atoms with van der Waals surface area (Å²) in [4.78, 5) is 21.8. The van der Waals surface area contributed by atoms with E-state index >= 15 is 0 Å². The van der Waals surface area contributed by atoms with E-state index in [0.717, 1.165) is 35.1 Å². The van der Waals surface area contributed by atoms with E-state index in [1.165, 1.54) is 5.56 Å². The first-order chi connectivity index (χ1) is 15.5. The SMILES string of the molecule is Cc1ccc(-c2noc(C(C)N3CCN(C(=O)c4n[nH]c5ccc(C)cc45)CC3)n2)cc1. The predicted molar refractivity (Wildman–Crippen MR) is 121 cm³/mol. The molecule has 1 fully saturated rings. The first-order valence-electron chi connectivity index (χ1n) is 10.9. The zero-order valence-corrected chi connectivity index (χ0v) is 18.5. The van der Waals surface area contributed by atoms with Crippen molar-refractivity contribution >= 4 is 16.8 Å². The van der Waals surface area contributed by atoms with Crippen LogP contribution in [0.5, 0.6) is 0 Å². The van der Waals surface area contributed by atoms with Crippen molar-refractivity contribution in [2.75, 3.05) is 26.2 Å². The average molecular weight is 431 g/mol. The summed E-state index contributed by atoms with van der Waals surface area (Å²) in [5.41, 5.74) is 4.61. The highest BCUT2D eigenvalue weighted by Gasteiger charge is 2.29. The Kier molecular flexibility index (Phi) is 5.22. The number of aryl methyl sites for hydroxylation is 2. The minimum Gasteiger partial charge on any atom is -0.337 e. The number of amides is 1. The van der Waals surface area contributed by atoms with Crippen molar-refractivity contribution in [3.63, 3.8) is 0 Å². The number of piperazine rings is 1. The van der Waals surface area contributed by atoms with Crippen LogP contribution in [0.1, 0.15) is 40.5 Å². The lowest BCUT2D eigenvalue weighted by Gasteiger charge is -2.36. The van der Waals surface area contributed by atoms with Gasteiger partial charge in [-0.3, -0.25) is 14.8 Å². The molecule has 1 aliphatic heterocycles. The number of H-pyrrole nitrogens is 1. The quantitative estimate of drug-likeness (QED) is 0.530. The molecule has 2 aromatic carbocycles. The third kappa shape index (κ3) is 3.78. The second-order valence-electron chi connectivity index (χ2n) is 8.45. The number of hydrogen-bond acceptors (Lipinski definition) is 6. The summed E-state index contributed by atoms with van der Waals surface area (Å²) in [7, 11) is 0. The fourth-order valence-electron chi connectivity index (χ4n) is 4.13. The molecule has 1 N–H and O–H groups in total. The molecule has 8 nitrogen and oxygen atoms in total. The summed E-state index contributed by atoms with van der Waals surface area (Å²) in [6.45, 7) is 8.85. The van der Waals surface area contributed by atoms with Gasteiger partial charge in [0, 0.05) is 37.1 Å². The molecule has 8 heteroatoms. The maximum atomic E-state index is 13.1. The maximum absolute atomic E-state index is 13.1. The van der Waals surface area contributed by atoms with E-state index in [9.17, 15) is 4.79 Å². The molecule has 5 rings (SSSR count). The normalized spacial score (nSPS) is 15.9. The van der Waals surface area contributed by atoms with Crippen LogP contribution < -0.4 is 0 Å². The van der Waals surface area contributed by atoms with E-state index in [2.05, 4.69) is 32.2 Å². The van der Waals surface area contributed by atoms with Crippen molar-refractivity contribution in [2.45, 2.75) is 26.8 Å². The van der Waals surface area contributed by atoms with Crippen LogP contribution in [0, 0.1) is 13.8 Å². The van der Waals surface area contributed by atoms with Crippen LogP contribution in [0.2, 0.25) is 0 Å². The van der Waals surface area contributed by atoms with Crippen LogP contribution >= 0.6 is 0 Å². The highest BCUT2D eigenvalue weighted by molar-refractivity contribution is 6.04. The number of hydrogen-bond donors (Lipinski definition) is 1. The second-order valence-corrected chi connectivity index (χ2v) is 8.45. The number of nitrogens with zero attached hydrogens (tertiary/aromatic N) is 5. The minimum absolute atomic E-state index is 0.0205. The summed E-state index contributed by atoms with van der Waals surface area (Å²) in [6.07, 6.45) is 0. The summed E-state index contributed by atoms with van der Waals surface area (Å²) in [6, 6.07) is 14.0. The monoisotopic (exact) mass is 430 g/mol. The zero-order valence-electron chi connectivity index (χ0n) is 18.5. The molecule has 1 aliphatic rings. The van der Waals surface area contributed by atoms with Gasteiger partial charge in [0.1, 0.15) is 0 Å². The average Bonchev–Trinajstić information content (AvgIpc) is 3.46. The van der Waals surface area contributed by atoms with Crippen LogP contribution in [0.3, 0.4) is 0 Å². The molecule has 3 heterocycles. The van der Waals surface area contributed by atoms with Crippen LogP contribution in [0.15, 0.2) is 47.0 Å². The Hall–Kier alpha value is -3.52. The van der Waals surface area contributed by atoms with Crippen LogP contribution in [-0.4, -0.2) is 62.2 Å². The van der Waals surface area contributed by atoms with Gasteiger partial charge in [-0.2, -0.15) is 10.1 Å². The Morgan fingerprint density at radius 2 is 1.75 bits per heavy atom. The summed E-state index contributed by atoms with van der Waals surface area (Å²) >= 11 is 0. The van der Waals surface area contributed by atoms with Gasteiger partial charge in [0.05, 0.1) is 11.6 Å². The van der Waals surface area contributed by atoms with Gasteiger partial charge < -0.3 is 9.42 Å². The lowest BCUT2D eigenvalue weighted by molar-refractivity contribution is 0.0548. The molecule has 4 aromatic rings. The number of benzene rings is 2. The molecule has 1 saturated heterocycles. The van der Waals surface area contributed by atoms with Gasteiger partial charge in [0.15, 0.2) is 5.69 Å². The highest BCUT2D eigenvalue weighted by atomic mass is 16.5. The number of aromatic nitrogens is 4. The smallest absolute Gasteiger partial charge is 0.275 e. The number of carbonyl (C=O) groups excluding carboxylic acids is 1. The molecule has 1 atom stereocenters. The lowest BCUT2D eigenvalue weighted by atomic mass is 10.1. The van der Waals surface area contributed by atoms with Crippen molar-refractivity contribution in [1.29, 1.82) is 0 Å². The van der Waals surface area contributed by atoms with Crippen LogP contribution in [-0.2, 0) is 0 Å². The topological polar surface area (TPSA) is 91.2 Å². The largest absolute Gasteiger partial charge is 0.337 e. The minimum atomic E-state index is -0.0337. The van der Waals surface area contributed by atoms with Crippen molar-refractivity contribution in [3.05, 3.63) is 65.2 Å². The van der Waals surface area contributed by atoms with Gasteiger partial charge in [-0.05, 0) is 32.9 Å². The van der Waals surface area contributed by atoms with Crippen molar-refractivity contribution in [3.8, 4) is 11.4 Å². The van der Waals surface area contributed by atoms with Gasteiger partial charge in [-0.25, -0.2) is 0 Å². The van der Waals surface area contributed by atoms with Gasteiger partial charge in [-0.1, -0.05) is 46.6 Å². The molecule has 1 unspecified atom stereocenters. The lowest BCUT2D eigenvalue weighted by Crippen LogP contribution is -2.49. The zero-order chi connectivity index (χ0) is 22.2. The van der Waals surface area contributed by atoms with Crippen LogP contribution in [0.4, 0.5) is 0 Å². The van der Waals surface area contributed by atoms with E-state index in [1.807, 2.05) is 61.2 Å². The Morgan fingerprint density at radius 3 is 2.50 bits per heavy atom. The number of rotatable bonds is 4. The van der Waals surface area contributed by atoms with Gasteiger partial charge in [-0.15, -0.1) is 0 Å². The van der Waals surface area contributed by atoms with E-state index in [-0.39, 0.29) is 11.9 Å². The summed E-state index contributed by atoms with van der Waals surface area (Å²) in [5, 5.41) is 12.3. The second kappa shape index (κ2) is 8.20. The molecule has 0 aliphatic carbocycles. The van der Waals surface area contributed by atoms with Crippen molar-refractivity contribution in [2.24, 2.45) is 0 Å². The Morgan fingerprint density at radius 1 is 1.03 bits per heavy atom. The first-order valence-corrected chi connectivity index (χ1v) is 10.9. The van der Waals surface area contributed by atoms with E-state index in [0.29, 0.717) is 30.5 Å². The van der Waals surface area contributed by atoms with E-state index in [1.54, 1.807) is 0 Å². The van der Waals surface area contributed by atoms with Gasteiger partial charge in [0.2, 0.25) is 11.7 Å². The molecule has 0 radical (unpaired) electrons. The molecule has 0 bridgehead atoms. The standard InChI is InChI=1S/C24H26N6O2/c1-15-4-7-18(8-5-15)22-25-23(32-28-22)17(3)29-10-12-30(13-11-29)24(31)21-19-14-16(2)6-9-20(19)26-27-21/h4-9,14,17H,10-13H2,1-3H3,(H,26,27). The molecule has 2 aromatic heterocycles. The van der Waals surface area contributed by atoms with E-state index in [4.69, 9.17) is 4.52 Å². The maximum Gasteiger partial charge on any atom is 0.275 e. The molecule has 1 amide bonds. The number of carbonyl (C=O) groups is 1. The molecular formula is C24H26N6O2. The van der Waals surface area contributed by atoms with Gasteiger partial charge in [0.25, 0.3) is 5.91 Å².